The highest BCUT2D eigenvalue weighted by molar-refractivity contribution is 9.10. The summed E-state index contributed by atoms with van der Waals surface area (Å²) in [7, 11) is 0. The highest BCUT2D eigenvalue weighted by Gasteiger charge is 2.16. The molecule has 7 heteroatoms. The molecule has 0 saturated carbocycles. The number of rotatable bonds is 5. The molecule has 0 aliphatic carbocycles. The Morgan fingerprint density at radius 1 is 1.06 bits per heavy atom. The topological polar surface area (TPSA) is 69.6 Å². The van der Waals surface area contributed by atoms with Gasteiger partial charge < -0.3 is 9.15 Å². The van der Waals surface area contributed by atoms with E-state index >= 15 is 0 Å². The number of ether oxygens (including phenoxy) is 1. The van der Waals surface area contributed by atoms with E-state index in [1.165, 1.54) is 4.68 Å². The van der Waals surface area contributed by atoms with Crippen LogP contribution in [0.15, 0.2) is 91.6 Å². The summed E-state index contributed by atoms with van der Waals surface area (Å²) in [5, 5.41) is 5.91. The minimum absolute atomic E-state index is 0.0643. The van der Waals surface area contributed by atoms with Gasteiger partial charge in [0.2, 0.25) is 5.82 Å². The first-order valence-electron chi connectivity index (χ1n) is 10.5. The molecule has 0 bridgehead atoms. The lowest BCUT2D eigenvalue weighted by atomic mass is 10.2. The van der Waals surface area contributed by atoms with Crippen LogP contribution in [0.1, 0.15) is 19.4 Å². The van der Waals surface area contributed by atoms with Crippen LogP contribution in [0.2, 0.25) is 0 Å². The van der Waals surface area contributed by atoms with Crippen molar-refractivity contribution in [3.05, 3.63) is 93.2 Å². The Morgan fingerprint density at radius 3 is 2.64 bits per heavy atom. The van der Waals surface area contributed by atoms with Gasteiger partial charge in [0.25, 0.3) is 5.56 Å². The fraction of sp³-hybridized carbons (Fsp3) is 0.115. The van der Waals surface area contributed by atoms with Gasteiger partial charge in [-0.2, -0.15) is 9.78 Å². The van der Waals surface area contributed by atoms with Crippen LogP contribution in [0.3, 0.4) is 0 Å². The molecule has 5 rings (SSSR count). The average Bonchev–Trinajstić information content (AvgIpc) is 3.24. The predicted molar refractivity (Wildman–Crippen MR) is 134 cm³/mol. The molecule has 2 aromatic heterocycles. The monoisotopic (exact) mass is 501 g/mol. The van der Waals surface area contributed by atoms with Crippen molar-refractivity contribution >= 4 is 44.0 Å². The molecule has 6 nitrogen and oxygen atoms in total. The van der Waals surface area contributed by atoms with Crippen molar-refractivity contribution in [1.82, 2.24) is 9.66 Å². The van der Waals surface area contributed by atoms with Crippen LogP contribution in [-0.4, -0.2) is 22.0 Å². The van der Waals surface area contributed by atoms with Gasteiger partial charge >= 0.3 is 0 Å². The number of aromatic nitrogens is 2. The second kappa shape index (κ2) is 8.67. The van der Waals surface area contributed by atoms with Crippen molar-refractivity contribution in [2.45, 2.75) is 20.0 Å². The minimum atomic E-state index is -0.272. The molecule has 164 valence electrons. The van der Waals surface area contributed by atoms with Crippen LogP contribution >= 0.6 is 15.9 Å². The number of furan rings is 1. The van der Waals surface area contributed by atoms with Crippen molar-refractivity contribution in [3.8, 4) is 17.3 Å². The van der Waals surface area contributed by atoms with Crippen molar-refractivity contribution in [3.63, 3.8) is 0 Å². The molecule has 0 unspecified atom stereocenters. The Bertz CT molecular complexity index is 1530. The summed E-state index contributed by atoms with van der Waals surface area (Å²) in [5.74, 6) is 1.55. The number of nitrogens with zero attached hydrogens (tertiary/aromatic N) is 3. The van der Waals surface area contributed by atoms with E-state index in [-0.39, 0.29) is 11.7 Å². The van der Waals surface area contributed by atoms with Gasteiger partial charge in [-0.3, -0.25) is 4.79 Å². The molecule has 0 atom stereocenters. The van der Waals surface area contributed by atoms with Crippen molar-refractivity contribution in [2.24, 2.45) is 5.10 Å². The third-order valence-electron chi connectivity index (χ3n) is 5.04. The van der Waals surface area contributed by atoms with Gasteiger partial charge in [0.15, 0.2) is 5.76 Å². The fourth-order valence-corrected chi connectivity index (χ4v) is 4.04. The van der Waals surface area contributed by atoms with Gasteiger partial charge in [0.1, 0.15) is 11.3 Å². The molecule has 0 fully saturated rings. The largest absolute Gasteiger partial charge is 0.490 e. The van der Waals surface area contributed by atoms with Crippen molar-refractivity contribution in [2.75, 3.05) is 0 Å². The molecular weight excluding hydrogens is 482 g/mol. The van der Waals surface area contributed by atoms with Gasteiger partial charge in [0.05, 0.1) is 27.7 Å². The van der Waals surface area contributed by atoms with E-state index in [0.717, 1.165) is 26.8 Å². The Morgan fingerprint density at radius 2 is 1.85 bits per heavy atom. The zero-order valence-corrected chi connectivity index (χ0v) is 19.6. The highest BCUT2D eigenvalue weighted by Crippen LogP contribution is 2.28. The average molecular weight is 502 g/mol. The molecule has 0 saturated heterocycles. The molecule has 0 amide bonds. The molecule has 0 aliphatic heterocycles. The SMILES string of the molecule is CC(C)Oc1ccc(C=Nn2c(-c3cc4ccccc4o3)nc3ccccc3c2=O)cc1Br. The first-order valence-corrected chi connectivity index (χ1v) is 11.3. The minimum Gasteiger partial charge on any atom is -0.490 e. The quantitative estimate of drug-likeness (QED) is 0.267. The Kier molecular flexibility index (Phi) is 5.56. The van der Waals surface area contributed by atoms with Crippen LogP contribution < -0.4 is 10.3 Å². The van der Waals surface area contributed by atoms with Crippen LogP contribution in [0.4, 0.5) is 0 Å². The first-order chi connectivity index (χ1) is 16.0. The molecule has 2 heterocycles. The second-order valence-corrected chi connectivity index (χ2v) is 8.67. The molecule has 3 aromatic carbocycles. The summed E-state index contributed by atoms with van der Waals surface area (Å²) in [4.78, 5) is 18.0. The maximum Gasteiger partial charge on any atom is 0.282 e. The van der Waals surface area contributed by atoms with E-state index < -0.39 is 0 Å². The number of benzene rings is 3. The lowest BCUT2D eigenvalue weighted by molar-refractivity contribution is 0.241. The van der Waals surface area contributed by atoms with E-state index in [1.807, 2.05) is 80.6 Å². The maximum atomic E-state index is 13.3. The number of fused-ring (bicyclic) bond motifs is 2. The van der Waals surface area contributed by atoms with Gasteiger partial charge in [-0.05, 0) is 77.8 Å². The van der Waals surface area contributed by atoms with E-state index in [0.29, 0.717) is 22.5 Å². The Hall–Kier alpha value is -3.71. The second-order valence-electron chi connectivity index (χ2n) is 7.82. The lowest BCUT2D eigenvalue weighted by Crippen LogP contribution is -2.20. The Labute approximate surface area is 198 Å². The van der Waals surface area contributed by atoms with Gasteiger partial charge in [-0.25, -0.2) is 4.98 Å². The first kappa shape index (κ1) is 21.2. The standard InChI is InChI=1S/C26H20BrN3O3/c1-16(2)32-23-12-11-17(13-20(23)27)15-28-30-25(24-14-18-7-3-6-10-22(18)33-24)29-21-9-5-4-8-19(21)26(30)31/h3-16H,1-2H3. The number of hydrogen-bond acceptors (Lipinski definition) is 5. The molecule has 33 heavy (non-hydrogen) atoms. The highest BCUT2D eigenvalue weighted by atomic mass is 79.9. The molecular formula is C26H20BrN3O3. The van der Waals surface area contributed by atoms with Crippen LogP contribution in [0, 0.1) is 0 Å². The third-order valence-corrected chi connectivity index (χ3v) is 5.66. The van der Waals surface area contributed by atoms with Crippen molar-refractivity contribution < 1.29 is 9.15 Å². The van der Waals surface area contributed by atoms with Crippen LogP contribution in [0.5, 0.6) is 5.75 Å². The zero-order valence-electron chi connectivity index (χ0n) is 18.0. The molecule has 0 radical (unpaired) electrons. The predicted octanol–water partition coefficient (Wildman–Crippen LogP) is 6.24. The van der Waals surface area contributed by atoms with E-state index in [2.05, 4.69) is 21.0 Å². The summed E-state index contributed by atoms with van der Waals surface area (Å²) in [5.41, 5.74) is 1.83. The van der Waals surface area contributed by atoms with Crippen LogP contribution in [0.25, 0.3) is 33.5 Å². The van der Waals surface area contributed by atoms with E-state index in [1.54, 1.807) is 12.3 Å². The normalized spacial score (nSPS) is 11.8. The summed E-state index contributed by atoms with van der Waals surface area (Å²) in [6.07, 6.45) is 1.68. The smallest absolute Gasteiger partial charge is 0.282 e. The third kappa shape index (κ3) is 4.19. The summed E-state index contributed by atoms with van der Waals surface area (Å²) in [6.45, 7) is 3.95. The summed E-state index contributed by atoms with van der Waals surface area (Å²) < 4.78 is 13.9. The van der Waals surface area contributed by atoms with Crippen molar-refractivity contribution in [1.29, 1.82) is 0 Å². The van der Waals surface area contributed by atoms with Gasteiger partial charge in [-0.1, -0.05) is 30.3 Å². The van der Waals surface area contributed by atoms with Crippen LogP contribution in [-0.2, 0) is 0 Å². The number of para-hydroxylation sites is 2. The molecule has 0 aliphatic rings. The molecule has 5 aromatic rings. The molecule has 0 N–H and O–H groups in total. The van der Waals surface area contributed by atoms with E-state index in [4.69, 9.17) is 14.1 Å². The number of hydrogen-bond donors (Lipinski definition) is 0. The fourth-order valence-electron chi connectivity index (χ4n) is 3.55. The summed E-state index contributed by atoms with van der Waals surface area (Å²) in [6, 6.07) is 22.4. The number of halogens is 1. The van der Waals surface area contributed by atoms with Gasteiger partial charge in [-0.15, -0.1) is 0 Å². The Balaban J connectivity index is 1.64. The van der Waals surface area contributed by atoms with E-state index in [9.17, 15) is 4.79 Å². The van der Waals surface area contributed by atoms with Gasteiger partial charge in [0, 0.05) is 5.39 Å². The summed E-state index contributed by atoms with van der Waals surface area (Å²) >= 11 is 3.54. The maximum absolute atomic E-state index is 13.3. The lowest BCUT2D eigenvalue weighted by Gasteiger charge is -2.11. The molecule has 0 spiro atoms. The zero-order chi connectivity index (χ0) is 22.9.